The number of hydrogen-bond donors (Lipinski definition) is 1. The minimum absolute atomic E-state index is 0.00935. The number of fused-ring (bicyclic) bond motifs is 1. The lowest BCUT2D eigenvalue weighted by atomic mass is 10.2. The molecule has 1 heterocycles. The number of aliphatic hydroxyl groups excluding tert-OH is 1. The first-order valence-corrected chi connectivity index (χ1v) is 5.19. The van der Waals surface area contributed by atoms with Crippen LogP contribution in [0.1, 0.15) is 5.82 Å². The summed E-state index contributed by atoms with van der Waals surface area (Å²) < 4.78 is 0. The fourth-order valence-corrected chi connectivity index (χ4v) is 1.74. The van der Waals surface area contributed by atoms with Gasteiger partial charge >= 0.3 is 0 Å². The van der Waals surface area contributed by atoms with Gasteiger partial charge in [-0.05, 0) is 18.2 Å². The highest BCUT2D eigenvalue weighted by Crippen LogP contribution is 2.23. The first-order chi connectivity index (χ1) is 7.20. The van der Waals surface area contributed by atoms with E-state index in [1.807, 2.05) is 0 Å². The summed E-state index contributed by atoms with van der Waals surface area (Å²) in [6.45, 7) is 0.00935. The average molecular weight is 243 g/mol. The Morgan fingerprint density at radius 3 is 2.73 bits per heavy atom. The number of benzene rings is 1. The third kappa shape index (κ3) is 2.20. The zero-order chi connectivity index (χ0) is 10.8. The maximum absolute atomic E-state index is 8.78. The van der Waals surface area contributed by atoms with Gasteiger partial charge < -0.3 is 5.11 Å². The van der Waals surface area contributed by atoms with Gasteiger partial charge in [0.05, 0.1) is 12.1 Å². The molecule has 3 nitrogen and oxygen atoms in total. The predicted octanol–water partition coefficient (Wildman–Crippen LogP) is 2.47. The summed E-state index contributed by atoms with van der Waals surface area (Å²) in [4.78, 5) is 8.32. The Balaban J connectivity index is 2.62. The van der Waals surface area contributed by atoms with E-state index in [9.17, 15) is 0 Å². The molecule has 2 rings (SSSR count). The van der Waals surface area contributed by atoms with Crippen LogP contribution in [0.4, 0.5) is 0 Å². The first-order valence-electron chi connectivity index (χ1n) is 4.43. The molecule has 0 atom stereocenters. The average Bonchev–Trinajstić information content (AvgIpc) is 2.20. The van der Waals surface area contributed by atoms with Crippen LogP contribution in [-0.2, 0) is 6.42 Å². The second-order valence-corrected chi connectivity index (χ2v) is 3.86. The highest BCUT2D eigenvalue weighted by atomic mass is 35.5. The molecule has 0 saturated heterocycles. The van der Waals surface area contributed by atoms with Crippen molar-refractivity contribution in [1.29, 1.82) is 0 Å². The summed E-state index contributed by atoms with van der Waals surface area (Å²) in [5.41, 5.74) is 0.739. The summed E-state index contributed by atoms with van der Waals surface area (Å²) in [5, 5.41) is 10.5. The van der Waals surface area contributed by atoms with Gasteiger partial charge in [0, 0.05) is 16.8 Å². The van der Waals surface area contributed by atoms with Crippen molar-refractivity contribution in [2.24, 2.45) is 0 Å². The molecule has 15 heavy (non-hydrogen) atoms. The molecule has 0 aliphatic heterocycles. The van der Waals surface area contributed by atoms with E-state index in [-0.39, 0.29) is 6.61 Å². The lowest BCUT2D eigenvalue weighted by Gasteiger charge is -2.03. The van der Waals surface area contributed by atoms with Gasteiger partial charge in [-0.25, -0.2) is 9.97 Å². The molecule has 0 radical (unpaired) electrons. The smallest absolute Gasteiger partial charge is 0.140 e. The van der Waals surface area contributed by atoms with Crippen LogP contribution in [0.5, 0.6) is 0 Å². The van der Waals surface area contributed by atoms with Crippen LogP contribution >= 0.6 is 23.2 Å². The molecular weight excluding hydrogens is 235 g/mol. The molecule has 1 N–H and O–H groups in total. The van der Waals surface area contributed by atoms with E-state index in [1.165, 1.54) is 0 Å². The third-order valence-electron chi connectivity index (χ3n) is 1.99. The lowest BCUT2D eigenvalue weighted by molar-refractivity contribution is 0.297. The van der Waals surface area contributed by atoms with Crippen molar-refractivity contribution in [3.05, 3.63) is 34.2 Å². The second-order valence-electron chi connectivity index (χ2n) is 3.07. The van der Waals surface area contributed by atoms with Crippen LogP contribution < -0.4 is 0 Å². The summed E-state index contributed by atoms with van der Waals surface area (Å²) in [7, 11) is 0. The fraction of sp³-hybridized carbons (Fsp3) is 0.200. The first kappa shape index (κ1) is 10.6. The predicted molar refractivity (Wildman–Crippen MR) is 60.3 cm³/mol. The summed E-state index contributed by atoms with van der Waals surface area (Å²) >= 11 is 11.8. The van der Waals surface area contributed by atoms with Crippen molar-refractivity contribution in [3.8, 4) is 0 Å². The van der Waals surface area contributed by atoms with Crippen LogP contribution in [0.15, 0.2) is 18.2 Å². The molecule has 1 aromatic carbocycles. The number of rotatable bonds is 2. The van der Waals surface area contributed by atoms with Crippen molar-refractivity contribution in [1.82, 2.24) is 9.97 Å². The SMILES string of the molecule is OCCc1nc(Cl)c2cc(Cl)ccc2n1. The molecule has 2 aromatic rings. The highest BCUT2D eigenvalue weighted by molar-refractivity contribution is 6.35. The van der Waals surface area contributed by atoms with Crippen LogP contribution in [0.2, 0.25) is 10.2 Å². The van der Waals surface area contributed by atoms with Crippen molar-refractivity contribution in [3.63, 3.8) is 0 Å². The van der Waals surface area contributed by atoms with E-state index in [0.29, 0.717) is 22.4 Å². The molecule has 0 aliphatic rings. The fourth-order valence-electron chi connectivity index (χ4n) is 1.32. The minimum atomic E-state index is 0.00935. The van der Waals surface area contributed by atoms with E-state index in [2.05, 4.69) is 9.97 Å². The minimum Gasteiger partial charge on any atom is -0.396 e. The van der Waals surface area contributed by atoms with Gasteiger partial charge in [0.2, 0.25) is 0 Å². The number of aliphatic hydroxyl groups is 1. The Hall–Kier alpha value is -0.900. The quantitative estimate of drug-likeness (QED) is 0.824. The Morgan fingerprint density at radius 2 is 2.00 bits per heavy atom. The van der Waals surface area contributed by atoms with Crippen LogP contribution in [0.25, 0.3) is 10.9 Å². The Kier molecular flexibility index (Phi) is 3.05. The van der Waals surface area contributed by atoms with Crippen LogP contribution in [0.3, 0.4) is 0 Å². The van der Waals surface area contributed by atoms with Gasteiger partial charge in [-0.2, -0.15) is 0 Å². The van der Waals surface area contributed by atoms with E-state index in [4.69, 9.17) is 28.3 Å². The molecule has 0 aliphatic carbocycles. The van der Waals surface area contributed by atoms with Gasteiger partial charge in [-0.3, -0.25) is 0 Å². The van der Waals surface area contributed by atoms with Crippen LogP contribution in [0, 0.1) is 0 Å². The van der Waals surface area contributed by atoms with E-state index >= 15 is 0 Å². The van der Waals surface area contributed by atoms with Gasteiger partial charge in [-0.1, -0.05) is 23.2 Å². The third-order valence-corrected chi connectivity index (χ3v) is 2.52. The normalized spacial score (nSPS) is 10.9. The van der Waals surface area contributed by atoms with Crippen molar-refractivity contribution in [2.45, 2.75) is 6.42 Å². The number of hydrogen-bond acceptors (Lipinski definition) is 3. The number of aromatic nitrogens is 2. The van der Waals surface area contributed by atoms with Crippen molar-refractivity contribution < 1.29 is 5.11 Å². The molecule has 1 aromatic heterocycles. The topological polar surface area (TPSA) is 46.0 Å². The second kappa shape index (κ2) is 4.31. The van der Waals surface area contributed by atoms with Crippen molar-refractivity contribution >= 4 is 34.1 Å². The maximum Gasteiger partial charge on any atom is 0.140 e. The molecule has 78 valence electrons. The van der Waals surface area contributed by atoms with Crippen molar-refractivity contribution in [2.75, 3.05) is 6.61 Å². The Bertz CT molecular complexity index is 502. The maximum atomic E-state index is 8.78. The van der Waals surface area contributed by atoms with E-state index in [0.717, 1.165) is 10.9 Å². The molecule has 0 spiro atoms. The van der Waals surface area contributed by atoms with Gasteiger partial charge in [0.25, 0.3) is 0 Å². The molecule has 5 heteroatoms. The van der Waals surface area contributed by atoms with Gasteiger partial charge in [0.15, 0.2) is 0 Å². The van der Waals surface area contributed by atoms with Gasteiger partial charge in [-0.15, -0.1) is 0 Å². The highest BCUT2D eigenvalue weighted by Gasteiger charge is 2.05. The van der Waals surface area contributed by atoms with Gasteiger partial charge in [0.1, 0.15) is 11.0 Å². The largest absolute Gasteiger partial charge is 0.396 e. The molecule has 0 bridgehead atoms. The molecule has 0 fully saturated rings. The Morgan fingerprint density at radius 1 is 1.20 bits per heavy atom. The number of nitrogens with zero attached hydrogens (tertiary/aromatic N) is 2. The molecule has 0 saturated carbocycles. The van der Waals surface area contributed by atoms with Crippen LogP contribution in [-0.4, -0.2) is 21.7 Å². The zero-order valence-electron chi connectivity index (χ0n) is 7.74. The Labute approximate surface area is 96.7 Å². The van der Waals surface area contributed by atoms with E-state index < -0.39 is 0 Å². The zero-order valence-corrected chi connectivity index (χ0v) is 9.26. The molecule has 0 amide bonds. The molecule has 0 unspecified atom stereocenters. The van der Waals surface area contributed by atoms with E-state index in [1.54, 1.807) is 18.2 Å². The number of halogens is 2. The molecular formula is C10H8Cl2N2O. The summed E-state index contributed by atoms with van der Waals surface area (Å²) in [6.07, 6.45) is 0.401. The summed E-state index contributed by atoms with van der Waals surface area (Å²) in [6, 6.07) is 5.25. The summed E-state index contributed by atoms with van der Waals surface area (Å²) in [5.74, 6) is 0.539. The standard InChI is InChI=1S/C10H8Cl2N2O/c11-6-1-2-8-7(5-6)10(12)14-9(13-8)3-4-15/h1-2,5,15H,3-4H2. The monoisotopic (exact) mass is 242 g/mol. The lowest BCUT2D eigenvalue weighted by Crippen LogP contribution is -1.99.